The molecule has 0 unspecified atom stereocenters. The SMILES string of the molecule is CC(C)c1cccc(Oc2nc(Cl)nc3[nH]ncc23)c1. The van der Waals surface area contributed by atoms with E-state index in [1.165, 1.54) is 5.56 Å². The highest BCUT2D eigenvalue weighted by Gasteiger charge is 2.11. The van der Waals surface area contributed by atoms with Gasteiger partial charge >= 0.3 is 0 Å². The Labute approximate surface area is 121 Å². The zero-order chi connectivity index (χ0) is 14.1. The number of fused-ring (bicyclic) bond motifs is 1. The first-order chi connectivity index (χ1) is 9.63. The Bertz CT molecular complexity index is 754. The van der Waals surface area contributed by atoms with E-state index in [1.807, 2.05) is 18.2 Å². The molecule has 0 aliphatic carbocycles. The van der Waals surface area contributed by atoms with Gasteiger partial charge in [0.2, 0.25) is 11.2 Å². The van der Waals surface area contributed by atoms with Gasteiger partial charge in [0, 0.05) is 0 Å². The second kappa shape index (κ2) is 5.09. The van der Waals surface area contributed by atoms with E-state index in [1.54, 1.807) is 6.20 Å². The standard InChI is InChI=1S/C14H13ClN4O/c1-8(2)9-4-3-5-10(6-9)20-13-11-7-16-19-12(11)17-14(15)18-13/h3-8H,1-2H3,(H,16,17,18,19). The van der Waals surface area contributed by atoms with Crippen LogP contribution in [-0.2, 0) is 0 Å². The van der Waals surface area contributed by atoms with Crippen LogP contribution in [0.2, 0.25) is 5.28 Å². The molecule has 2 heterocycles. The zero-order valence-corrected chi connectivity index (χ0v) is 11.8. The van der Waals surface area contributed by atoms with Crippen LogP contribution in [0.5, 0.6) is 11.6 Å². The van der Waals surface area contributed by atoms with Gasteiger partial charge < -0.3 is 4.74 Å². The molecule has 0 saturated carbocycles. The maximum Gasteiger partial charge on any atom is 0.234 e. The minimum atomic E-state index is 0.122. The molecule has 0 aliphatic rings. The lowest BCUT2D eigenvalue weighted by atomic mass is 10.0. The zero-order valence-electron chi connectivity index (χ0n) is 11.1. The van der Waals surface area contributed by atoms with Crippen molar-refractivity contribution in [3.8, 4) is 11.6 Å². The third-order valence-corrected chi connectivity index (χ3v) is 3.16. The summed E-state index contributed by atoms with van der Waals surface area (Å²) in [5, 5.41) is 7.50. The predicted molar refractivity (Wildman–Crippen MR) is 77.3 cm³/mol. The van der Waals surface area contributed by atoms with E-state index in [2.05, 4.69) is 40.1 Å². The second-order valence-electron chi connectivity index (χ2n) is 4.76. The van der Waals surface area contributed by atoms with E-state index in [9.17, 15) is 0 Å². The number of hydrogen-bond acceptors (Lipinski definition) is 4. The Morgan fingerprint density at radius 2 is 2.10 bits per heavy atom. The smallest absolute Gasteiger partial charge is 0.234 e. The molecule has 0 aliphatic heterocycles. The highest BCUT2D eigenvalue weighted by molar-refractivity contribution is 6.28. The number of benzene rings is 1. The lowest BCUT2D eigenvalue weighted by molar-refractivity contribution is 0.467. The lowest BCUT2D eigenvalue weighted by Crippen LogP contribution is -1.93. The maximum absolute atomic E-state index is 5.88. The van der Waals surface area contributed by atoms with Crippen LogP contribution in [0.25, 0.3) is 11.0 Å². The van der Waals surface area contributed by atoms with E-state index < -0.39 is 0 Å². The fourth-order valence-electron chi connectivity index (χ4n) is 1.91. The number of nitrogens with one attached hydrogen (secondary N) is 1. The Balaban J connectivity index is 2.00. The molecule has 0 amide bonds. The van der Waals surface area contributed by atoms with Crippen molar-refractivity contribution in [1.82, 2.24) is 20.2 Å². The fraction of sp³-hybridized carbons (Fsp3) is 0.214. The molecule has 1 aromatic carbocycles. The third kappa shape index (κ3) is 2.44. The van der Waals surface area contributed by atoms with Crippen molar-refractivity contribution in [2.45, 2.75) is 19.8 Å². The molecule has 0 saturated heterocycles. The van der Waals surface area contributed by atoms with Gasteiger partial charge in [-0.2, -0.15) is 15.1 Å². The van der Waals surface area contributed by atoms with E-state index in [-0.39, 0.29) is 5.28 Å². The molecule has 5 nitrogen and oxygen atoms in total. The van der Waals surface area contributed by atoms with Crippen molar-refractivity contribution in [2.75, 3.05) is 0 Å². The van der Waals surface area contributed by atoms with Crippen LogP contribution in [0.15, 0.2) is 30.5 Å². The number of aromatic nitrogens is 4. The summed E-state index contributed by atoms with van der Waals surface area (Å²) >= 11 is 5.88. The monoisotopic (exact) mass is 288 g/mol. The van der Waals surface area contributed by atoms with Crippen molar-refractivity contribution >= 4 is 22.6 Å². The second-order valence-corrected chi connectivity index (χ2v) is 5.10. The topological polar surface area (TPSA) is 63.7 Å². The molecule has 3 aromatic rings. The van der Waals surface area contributed by atoms with Gasteiger partial charge in [-0.05, 0) is 35.2 Å². The summed E-state index contributed by atoms with van der Waals surface area (Å²) in [7, 11) is 0. The normalized spacial score (nSPS) is 11.2. The van der Waals surface area contributed by atoms with E-state index >= 15 is 0 Å². The molecule has 1 N–H and O–H groups in total. The van der Waals surface area contributed by atoms with Crippen molar-refractivity contribution in [3.63, 3.8) is 0 Å². The van der Waals surface area contributed by atoms with Gasteiger partial charge in [0.25, 0.3) is 0 Å². The minimum absolute atomic E-state index is 0.122. The first-order valence-corrected chi connectivity index (χ1v) is 6.65. The number of H-pyrrole nitrogens is 1. The Hall–Kier alpha value is -2.14. The average molecular weight is 289 g/mol. The van der Waals surface area contributed by atoms with Gasteiger partial charge in [-0.1, -0.05) is 26.0 Å². The molecule has 3 rings (SSSR count). The number of rotatable bonds is 3. The fourth-order valence-corrected chi connectivity index (χ4v) is 2.07. The molecular formula is C14H13ClN4O. The van der Waals surface area contributed by atoms with Crippen LogP contribution < -0.4 is 4.74 Å². The molecule has 0 bridgehead atoms. The van der Waals surface area contributed by atoms with Crippen LogP contribution in [0.3, 0.4) is 0 Å². The maximum atomic E-state index is 5.88. The first-order valence-electron chi connectivity index (χ1n) is 6.28. The van der Waals surface area contributed by atoms with Gasteiger partial charge in [0.1, 0.15) is 11.1 Å². The summed E-state index contributed by atoms with van der Waals surface area (Å²) in [6, 6.07) is 7.90. The van der Waals surface area contributed by atoms with Crippen LogP contribution in [0.4, 0.5) is 0 Å². The Kier molecular flexibility index (Phi) is 3.28. The van der Waals surface area contributed by atoms with Crippen molar-refractivity contribution in [1.29, 1.82) is 0 Å². The van der Waals surface area contributed by atoms with Gasteiger partial charge in [0.15, 0.2) is 5.65 Å². The number of nitrogens with zero attached hydrogens (tertiary/aromatic N) is 3. The molecule has 20 heavy (non-hydrogen) atoms. The molecule has 0 fully saturated rings. The summed E-state index contributed by atoms with van der Waals surface area (Å²) in [5.74, 6) is 1.55. The van der Waals surface area contributed by atoms with Gasteiger partial charge in [-0.25, -0.2) is 0 Å². The van der Waals surface area contributed by atoms with Crippen molar-refractivity contribution in [2.24, 2.45) is 0 Å². The van der Waals surface area contributed by atoms with Gasteiger partial charge in [0.05, 0.1) is 6.20 Å². The highest BCUT2D eigenvalue weighted by Crippen LogP contribution is 2.29. The van der Waals surface area contributed by atoms with E-state index in [0.717, 1.165) is 0 Å². The first kappa shape index (κ1) is 12.9. The summed E-state index contributed by atoms with van der Waals surface area (Å²) in [6.45, 7) is 4.27. The molecular weight excluding hydrogens is 276 g/mol. The summed E-state index contributed by atoms with van der Waals surface area (Å²) in [4.78, 5) is 8.16. The summed E-state index contributed by atoms with van der Waals surface area (Å²) in [6.07, 6.45) is 1.62. The molecule has 2 aromatic heterocycles. The number of aromatic amines is 1. The molecule has 0 atom stereocenters. The predicted octanol–water partition coefficient (Wildman–Crippen LogP) is 3.92. The van der Waals surface area contributed by atoms with E-state index in [0.29, 0.717) is 28.6 Å². The molecule has 0 radical (unpaired) electrons. The third-order valence-electron chi connectivity index (χ3n) is 2.99. The number of ether oxygens (including phenoxy) is 1. The largest absolute Gasteiger partial charge is 0.438 e. The van der Waals surface area contributed by atoms with Crippen LogP contribution in [0, 0.1) is 0 Å². The van der Waals surface area contributed by atoms with Crippen LogP contribution in [-0.4, -0.2) is 20.2 Å². The summed E-state index contributed by atoms with van der Waals surface area (Å²) in [5.41, 5.74) is 1.76. The van der Waals surface area contributed by atoms with E-state index in [4.69, 9.17) is 16.3 Å². The van der Waals surface area contributed by atoms with Gasteiger partial charge in [-0.3, -0.25) is 5.10 Å². The lowest BCUT2D eigenvalue weighted by Gasteiger charge is -2.09. The van der Waals surface area contributed by atoms with Crippen molar-refractivity contribution in [3.05, 3.63) is 41.3 Å². The number of halogens is 1. The average Bonchev–Trinajstić information content (AvgIpc) is 2.87. The quantitative estimate of drug-likeness (QED) is 0.742. The summed E-state index contributed by atoms with van der Waals surface area (Å²) < 4.78 is 5.83. The molecule has 0 spiro atoms. The van der Waals surface area contributed by atoms with Gasteiger partial charge in [-0.15, -0.1) is 0 Å². The number of hydrogen-bond donors (Lipinski definition) is 1. The Morgan fingerprint density at radius 3 is 2.90 bits per heavy atom. The molecule has 6 heteroatoms. The van der Waals surface area contributed by atoms with Crippen molar-refractivity contribution < 1.29 is 4.74 Å². The Morgan fingerprint density at radius 1 is 1.25 bits per heavy atom. The molecule has 102 valence electrons. The minimum Gasteiger partial charge on any atom is -0.438 e. The van der Waals surface area contributed by atoms with Crippen LogP contribution >= 0.6 is 11.6 Å². The van der Waals surface area contributed by atoms with Crippen LogP contribution in [0.1, 0.15) is 25.3 Å². The highest BCUT2D eigenvalue weighted by atomic mass is 35.5.